The zero-order valence-electron chi connectivity index (χ0n) is 15.6. The molecule has 3 atom stereocenters. The van der Waals surface area contributed by atoms with Gasteiger partial charge in [0.15, 0.2) is 0 Å². The molecule has 0 radical (unpaired) electrons. The first-order valence-electron chi connectivity index (χ1n) is 9.06. The molecule has 0 heterocycles. The van der Waals surface area contributed by atoms with Crippen molar-refractivity contribution in [2.24, 2.45) is 5.92 Å². The summed E-state index contributed by atoms with van der Waals surface area (Å²) in [7, 11) is 0. The van der Waals surface area contributed by atoms with Gasteiger partial charge in [-0.05, 0) is 44.7 Å². The molecule has 1 fully saturated rings. The van der Waals surface area contributed by atoms with Gasteiger partial charge in [0, 0.05) is 21.5 Å². The van der Waals surface area contributed by atoms with Gasteiger partial charge in [0.05, 0.1) is 6.10 Å². The maximum absolute atomic E-state index is 11.2. The second-order valence-electron chi connectivity index (χ2n) is 6.63. The highest BCUT2D eigenvalue weighted by Crippen LogP contribution is 2.37. The summed E-state index contributed by atoms with van der Waals surface area (Å²) in [6.07, 6.45) is 3.10. The van der Waals surface area contributed by atoms with Gasteiger partial charge in [-0.25, -0.2) is 0 Å². The number of hydrogen-bond donors (Lipinski definition) is 2. The molecule has 0 unspecified atom stereocenters. The standard InChI is InChI=1S/C14H17NO4S.C5H12O/c1-9-2-4-10(5-3-9)20-11-6-7-13(15(18)19)12(8-11)14(16)17;1-3-5(6)4-2/h2-5,11-13H,6-8H2,1H3,(H,16,17);5-6H,3-4H2,1-2H3/t11-,12+,13+;/m1./s1. The maximum Gasteiger partial charge on any atom is 0.313 e. The van der Waals surface area contributed by atoms with Gasteiger partial charge >= 0.3 is 5.97 Å². The Hall–Kier alpha value is -1.60. The first kappa shape index (κ1) is 22.4. The van der Waals surface area contributed by atoms with Crippen LogP contribution in [-0.2, 0) is 4.79 Å². The summed E-state index contributed by atoms with van der Waals surface area (Å²) in [4.78, 5) is 22.8. The van der Waals surface area contributed by atoms with Crippen molar-refractivity contribution < 1.29 is 19.9 Å². The summed E-state index contributed by atoms with van der Waals surface area (Å²) in [5.41, 5.74) is 1.18. The maximum atomic E-state index is 11.2. The lowest BCUT2D eigenvalue weighted by Crippen LogP contribution is -2.40. The minimum atomic E-state index is -1.05. The van der Waals surface area contributed by atoms with E-state index in [0.29, 0.717) is 19.3 Å². The molecule has 0 bridgehead atoms. The highest BCUT2D eigenvalue weighted by Gasteiger charge is 2.42. The number of carbonyl (C=O) groups is 1. The van der Waals surface area contributed by atoms with Gasteiger partial charge in [-0.15, -0.1) is 11.8 Å². The molecule has 1 aliphatic carbocycles. The molecule has 1 aromatic rings. The van der Waals surface area contributed by atoms with Crippen molar-refractivity contribution in [2.75, 3.05) is 0 Å². The second kappa shape index (κ2) is 11.2. The molecule has 2 N–H and O–H groups in total. The smallest absolute Gasteiger partial charge is 0.313 e. The Balaban J connectivity index is 0.000000487. The van der Waals surface area contributed by atoms with Crippen LogP contribution >= 0.6 is 11.8 Å². The van der Waals surface area contributed by atoms with Crippen LogP contribution in [-0.4, -0.2) is 38.5 Å². The number of aliphatic hydroxyl groups excluding tert-OH is 1. The Bertz CT molecular complexity index is 574. The molecule has 1 aromatic carbocycles. The van der Waals surface area contributed by atoms with Gasteiger partial charge < -0.3 is 10.2 Å². The lowest BCUT2D eigenvalue weighted by Gasteiger charge is -2.28. The van der Waals surface area contributed by atoms with Crippen molar-refractivity contribution in [2.45, 2.75) is 75.2 Å². The third-order valence-electron chi connectivity index (χ3n) is 4.62. The van der Waals surface area contributed by atoms with Crippen LogP contribution in [0.2, 0.25) is 0 Å². The number of thioether (sulfide) groups is 1. The van der Waals surface area contributed by atoms with Crippen molar-refractivity contribution in [1.29, 1.82) is 0 Å². The number of benzene rings is 1. The van der Waals surface area contributed by atoms with E-state index in [2.05, 4.69) is 0 Å². The van der Waals surface area contributed by atoms with E-state index in [4.69, 9.17) is 10.2 Å². The van der Waals surface area contributed by atoms with Gasteiger partial charge in [0.25, 0.3) is 0 Å². The number of nitrogens with zero attached hydrogens (tertiary/aromatic N) is 1. The molecule has 0 amide bonds. The first-order valence-corrected chi connectivity index (χ1v) is 9.94. The number of rotatable bonds is 6. The molecule has 7 heteroatoms. The largest absolute Gasteiger partial charge is 0.481 e. The molecule has 2 rings (SSSR count). The van der Waals surface area contributed by atoms with Crippen LogP contribution < -0.4 is 0 Å². The molecule has 0 spiro atoms. The molecular formula is C19H29NO5S. The average molecular weight is 384 g/mol. The lowest BCUT2D eigenvalue weighted by atomic mass is 9.84. The number of carboxylic acid groups (broad SMARTS) is 1. The molecule has 146 valence electrons. The van der Waals surface area contributed by atoms with E-state index in [1.165, 1.54) is 5.56 Å². The van der Waals surface area contributed by atoms with Gasteiger partial charge in [-0.1, -0.05) is 31.5 Å². The van der Waals surface area contributed by atoms with E-state index < -0.39 is 22.9 Å². The fourth-order valence-corrected chi connectivity index (χ4v) is 4.07. The molecule has 0 aliphatic heterocycles. The topological polar surface area (TPSA) is 101 Å². The summed E-state index contributed by atoms with van der Waals surface area (Å²) in [6.45, 7) is 5.97. The summed E-state index contributed by atoms with van der Waals surface area (Å²) >= 11 is 1.62. The highest BCUT2D eigenvalue weighted by atomic mass is 32.2. The van der Waals surface area contributed by atoms with Crippen LogP contribution in [0.5, 0.6) is 0 Å². The molecule has 1 aliphatic rings. The normalized spacial score (nSPS) is 22.4. The Kier molecular flexibility index (Phi) is 9.65. The second-order valence-corrected chi connectivity index (χ2v) is 8.01. The van der Waals surface area contributed by atoms with E-state index in [9.17, 15) is 14.9 Å². The number of carboxylic acids is 1. The Morgan fingerprint density at radius 2 is 1.85 bits per heavy atom. The molecule has 0 saturated heterocycles. The fourth-order valence-electron chi connectivity index (χ4n) is 2.84. The van der Waals surface area contributed by atoms with E-state index in [-0.39, 0.29) is 11.4 Å². The minimum absolute atomic E-state index is 0.0648. The van der Waals surface area contributed by atoms with Gasteiger partial charge in [-0.2, -0.15) is 0 Å². The number of hydrogen-bond acceptors (Lipinski definition) is 5. The monoisotopic (exact) mass is 383 g/mol. The van der Waals surface area contributed by atoms with Crippen molar-refractivity contribution in [3.63, 3.8) is 0 Å². The van der Waals surface area contributed by atoms with Gasteiger partial charge in [0.2, 0.25) is 6.04 Å². The average Bonchev–Trinajstić information content (AvgIpc) is 2.63. The zero-order valence-corrected chi connectivity index (χ0v) is 16.4. The fraction of sp³-hybridized carbons (Fsp3) is 0.632. The molecule has 6 nitrogen and oxygen atoms in total. The van der Waals surface area contributed by atoms with Crippen molar-refractivity contribution >= 4 is 17.7 Å². The third-order valence-corrected chi connectivity index (χ3v) is 5.93. The van der Waals surface area contributed by atoms with Gasteiger partial charge in [0.1, 0.15) is 5.92 Å². The molecular weight excluding hydrogens is 354 g/mol. The Morgan fingerprint density at radius 1 is 1.27 bits per heavy atom. The van der Waals surface area contributed by atoms with Crippen LogP contribution in [0.15, 0.2) is 29.2 Å². The molecule has 1 saturated carbocycles. The Labute approximate surface area is 159 Å². The number of nitro groups is 1. The predicted octanol–water partition coefficient (Wildman–Crippen LogP) is 4.15. The highest BCUT2D eigenvalue weighted by molar-refractivity contribution is 8.00. The number of aliphatic carboxylic acids is 1. The molecule has 0 aromatic heterocycles. The third kappa shape index (κ3) is 7.33. The predicted molar refractivity (Wildman–Crippen MR) is 103 cm³/mol. The van der Waals surface area contributed by atoms with Crippen LogP contribution in [0.1, 0.15) is 51.5 Å². The van der Waals surface area contributed by atoms with E-state index in [0.717, 1.165) is 17.7 Å². The van der Waals surface area contributed by atoms with Crippen molar-refractivity contribution in [1.82, 2.24) is 0 Å². The van der Waals surface area contributed by atoms with Crippen LogP contribution in [0.4, 0.5) is 0 Å². The van der Waals surface area contributed by atoms with Crippen LogP contribution in [0.3, 0.4) is 0 Å². The summed E-state index contributed by atoms with van der Waals surface area (Å²) in [5.74, 6) is -1.93. The van der Waals surface area contributed by atoms with Crippen LogP contribution in [0.25, 0.3) is 0 Å². The lowest BCUT2D eigenvalue weighted by molar-refractivity contribution is -0.532. The molecule has 26 heavy (non-hydrogen) atoms. The van der Waals surface area contributed by atoms with Gasteiger partial charge in [-0.3, -0.25) is 14.9 Å². The van der Waals surface area contributed by atoms with E-state index in [1.54, 1.807) is 11.8 Å². The van der Waals surface area contributed by atoms with E-state index in [1.807, 2.05) is 45.0 Å². The zero-order chi connectivity index (χ0) is 19.7. The SMILES string of the molecule is CCC(O)CC.Cc1ccc(S[C@@H]2CC[C@H]([N+](=O)[O-])[C@@H](C(=O)O)C2)cc1. The van der Waals surface area contributed by atoms with Crippen LogP contribution in [0, 0.1) is 23.0 Å². The van der Waals surface area contributed by atoms with E-state index >= 15 is 0 Å². The summed E-state index contributed by atoms with van der Waals surface area (Å²) in [5, 5.41) is 28.9. The Morgan fingerprint density at radius 3 is 2.27 bits per heavy atom. The quantitative estimate of drug-likeness (QED) is 0.565. The number of aryl methyl sites for hydroxylation is 1. The number of aliphatic hydroxyl groups is 1. The summed E-state index contributed by atoms with van der Waals surface area (Å²) < 4.78 is 0. The summed E-state index contributed by atoms with van der Waals surface area (Å²) in [6, 6.07) is 7.10. The van der Waals surface area contributed by atoms with Crippen molar-refractivity contribution in [3.8, 4) is 0 Å². The first-order chi connectivity index (χ1) is 12.3. The van der Waals surface area contributed by atoms with Crippen molar-refractivity contribution in [3.05, 3.63) is 39.9 Å². The minimum Gasteiger partial charge on any atom is -0.481 e.